The molecule has 1 aliphatic carbocycles. The van der Waals surface area contributed by atoms with Crippen LogP contribution in [0.1, 0.15) is 37.8 Å². The molecular weight excluding hydrogens is 186 g/mol. The molecule has 0 amide bonds. The molecule has 1 aliphatic rings. The standard InChI is InChI=1S/C12H21N3/c1-9-4-5-10(13-2)6-11(9)12-7-14-8-15(12)3/h7-11,13H,4-6H2,1-3H3. The maximum atomic E-state index is 4.22. The van der Waals surface area contributed by atoms with E-state index in [1.54, 1.807) is 0 Å². The Balaban J connectivity index is 2.16. The van der Waals surface area contributed by atoms with Crippen LogP contribution in [0, 0.1) is 5.92 Å². The van der Waals surface area contributed by atoms with Crippen LogP contribution in [0.2, 0.25) is 0 Å². The molecule has 0 aliphatic heterocycles. The highest BCUT2D eigenvalue weighted by Crippen LogP contribution is 2.37. The van der Waals surface area contributed by atoms with Gasteiger partial charge in [0.2, 0.25) is 0 Å². The Labute approximate surface area is 91.9 Å². The summed E-state index contributed by atoms with van der Waals surface area (Å²) < 4.78 is 2.17. The topological polar surface area (TPSA) is 29.9 Å². The van der Waals surface area contributed by atoms with E-state index in [0.717, 1.165) is 5.92 Å². The SMILES string of the molecule is CNC1CCC(C)C(c2cncn2C)C1. The fourth-order valence-electron chi connectivity index (χ4n) is 2.72. The fourth-order valence-corrected chi connectivity index (χ4v) is 2.72. The minimum absolute atomic E-state index is 0.670. The van der Waals surface area contributed by atoms with Crippen molar-refractivity contribution < 1.29 is 0 Å². The summed E-state index contributed by atoms with van der Waals surface area (Å²) in [6.45, 7) is 2.36. The lowest BCUT2D eigenvalue weighted by atomic mass is 9.76. The summed E-state index contributed by atoms with van der Waals surface area (Å²) in [6.07, 6.45) is 7.81. The van der Waals surface area contributed by atoms with E-state index in [1.165, 1.54) is 25.0 Å². The zero-order valence-electron chi connectivity index (χ0n) is 9.90. The van der Waals surface area contributed by atoms with Crippen LogP contribution < -0.4 is 5.32 Å². The molecule has 3 nitrogen and oxygen atoms in total. The third-order valence-corrected chi connectivity index (χ3v) is 3.84. The van der Waals surface area contributed by atoms with E-state index in [-0.39, 0.29) is 0 Å². The molecule has 84 valence electrons. The van der Waals surface area contributed by atoms with Crippen LogP contribution in [-0.2, 0) is 7.05 Å². The number of aryl methyl sites for hydroxylation is 1. The Morgan fingerprint density at radius 2 is 2.27 bits per heavy atom. The molecule has 0 spiro atoms. The van der Waals surface area contributed by atoms with Crippen LogP contribution in [0.15, 0.2) is 12.5 Å². The third kappa shape index (κ3) is 2.07. The van der Waals surface area contributed by atoms with Crippen LogP contribution in [0.3, 0.4) is 0 Å². The molecule has 1 N–H and O–H groups in total. The molecule has 15 heavy (non-hydrogen) atoms. The van der Waals surface area contributed by atoms with E-state index < -0.39 is 0 Å². The number of imidazole rings is 1. The number of nitrogens with one attached hydrogen (secondary N) is 1. The van der Waals surface area contributed by atoms with Crippen molar-refractivity contribution in [1.82, 2.24) is 14.9 Å². The van der Waals surface area contributed by atoms with Crippen LogP contribution >= 0.6 is 0 Å². The van der Waals surface area contributed by atoms with Gasteiger partial charge in [-0.15, -0.1) is 0 Å². The third-order valence-electron chi connectivity index (χ3n) is 3.84. The molecule has 0 bridgehead atoms. The Kier molecular flexibility index (Phi) is 3.10. The van der Waals surface area contributed by atoms with Gasteiger partial charge in [-0.2, -0.15) is 0 Å². The summed E-state index contributed by atoms with van der Waals surface area (Å²) in [5, 5.41) is 3.41. The van der Waals surface area contributed by atoms with Gasteiger partial charge in [0.15, 0.2) is 0 Å². The van der Waals surface area contributed by atoms with Gasteiger partial charge in [0.1, 0.15) is 0 Å². The van der Waals surface area contributed by atoms with Crippen molar-refractivity contribution >= 4 is 0 Å². The van der Waals surface area contributed by atoms with Gasteiger partial charge < -0.3 is 9.88 Å². The van der Waals surface area contributed by atoms with Gasteiger partial charge >= 0.3 is 0 Å². The normalized spacial score (nSPS) is 31.8. The first kappa shape index (κ1) is 10.7. The smallest absolute Gasteiger partial charge is 0.0945 e. The lowest BCUT2D eigenvalue weighted by Crippen LogP contribution is -2.34. The van der Waals surface area contributed by atoms with E-state index in [4.69, 9.17) is 0 Å². The van der Waals surface area contributed by atoms with Gasteiger partial charge in [0.05, 0.1) is 6.33 Å². The van der Waals surface area contributed by atoms with Crippen molar-refractivity contribution in [3.05, 3.63) is 18.2 Å². The Morgan fingerprint density at radius 1 is 1.47 bits per heavy atom. The number of nitrogens with zero attached hydrogens (tertiary/aromatic N) is 2. The molecule has 1 fully saturated rings. The average Bonchev–Trinajstić information content (AvgIpc) is 2.65. The lowest BCUT2D eigenvalue weighted by Gasteiger charge is -2.34. The molecule has 1 aromatic heterocycles. The molecule has 1 heterocycles. The van der Waals surface area contributed by atoms with Crippen molar-refractivity contribution in [3.63, 3.8) is 0 Å². The van der Waals surface area contributed by atoms with E-state index in [9.17, 15) is 0 Å². The average molecular weight is 207 g/mol. The van der Waals surface area contributed by atoms with Crippen molar-refractivity contribution in [2.24, 2.45) is 13.0 Å². The molecule has 3 unspecified atom stereocenters. The lowest BCUT2D eigenvalue weighted by molar-refractivity contribution is 0.270. The van der Waals surface area contributed by atoms with Crippen LogP contribution in [0.5, 0.6) is 0 Å². The van der Waals surface area contributed by atoms with Crippen molar-refractivity contribution in [2.75, 3.05) is 7.05 Å². The van der Waals surface area contributed by atoms with Crippen molar-refractivity contribution in [1.29, 1.82) is 0 Å². The van der Waals surface area contributed by atoms with Crippen molar-refractivity contribution in [3.8, 4) is 0 Å². The molecule has 0 saturated heterocycles. The second-order valence-electron chi connectivity index (χ2n) is 4.81. The van der Waals surface area contributed by atoms with Crippen molar-refractivity contribution in [2.45, 2.75) is 38.1 Å². The second-order valence-corrected chi connectivity index (χ2v) is 4.81. The molecule has 0 radical (unpaired) electrons. The molecule has 0 aromatic carbocycles. The summed E-state index contributed by atoms with van der Waals surface area (Å²) in [7, 11) is 4.17. The molecule has 1 saturated carbocycles. The molecule has 2 rings (SSSR count). The number of aromatic nitrogens is 2. The quantitative estimate of drug-likeness (QED) is 0.803. The number of hydrogen-bond acceptors (Lipinski definition) is 2. The predicted molar refractivity (Wildman–Crippen MR) is 61.8 cm³/mol. The monoisotopic (exact) mass is 207 g/mol. The first-order chi connectivity index (χ1) is 7.22. The minimum Gasteiger partial charge on any atom is -0.337 e. The number of hydrogen-bond donors (Lipinski definition) is 1. The van der Waals surface area contributed by atoms with Gasteiger partial charge in [0.25, 0.3) is 0 Å². The summed E-state index contributed by atoms with van der Waals surface area (Å²) >= 11 is 0. The van der Waals surface area contributed by atoms with Gasteiger partial charge in [-0.25, -0.2) is 4.98 Å². The Bertz CT molecular complexity index is 318. The van der Waals surface area contributed by atoms with Gasteiger partial charge in [-0.3, -0.25) is 0 Å². The highest BCUT2D eigenvalue weighted by atomic mass is 15.0. The predicted octanol–water partition coefficient (Wildman–Crippen LogP) is 1.91. The first-order valence-electron chi connectivity index (χ1n) is 5.86. The summed E-state index contributed by atoms with van der Waals surface area (Å²) in [4.78, 5) is 4.22. The molecular formula is C12H21N3. The summed E-state index contributed by atoms with van der Waals surface area (Å²) in [6, 6.07) is 0.682. The number of rotatable bonds is 2. The van der Waals surface area contributed by atoms with Crippen LogP contribution in [0.25, 0.3) is 0 Å². The minimum atomic E-state index is 0.670. The largest absolute Gasteiger partial charge is 0.337 e. The fraction of sp³-hybridized carbons (Fsp3) is 0.750. The summed E-state index contributed by atoms with van der Waals surface area (Å²) in [5.41, 5.74) is 1.39. The van der Waals surface area contributed by atoms with Gasteiger partial charge in [0, 0.05) is 30.9 Å². The maximum Gasteiger partial charge on any atom is 0.0945 e. The van der Waals surface area contributed by atoms with Crippen LogP contribution in [-0.4, -0.2) is 22.6 Å². The zero-order valence-corrected chi connectivity index (χ0v) is 9.90. The molecule has 3 heteroatoms. The highest BCUT2D eigenvalue weighted by Gasteiger charge is 2.29. The van der Waals surface area contributed by atoms with E-state index in [0.29, 0.717) is 12.0 Å². The van der Waals surface area contributed by atoms with E-state index >= 15 is 0 Å². The molecule has 3 atom stereocenters. The van der Waals surface area contributed by atoms with Gasteiger partial charge in [-0.1, -0.05) is 6.92 Å². The van der Waals surface area contributed by atoms with E-state index in [2.05, 4.69) is 35.9 Å². The van der Waals surface area contributed by atoms with Crippen LogP contribution in [0.4, 0.5) is 0 Å². The highest BCUT2D eigenvalue weighted by molar-refractivity contribution is 5.09. The summed E-state index contributed by atoms with van der Waals surface area (Å²) in [5.74, 6) is 1.45. The second kappa shape index (κ2) is 4.35. The van der Waals surface area contributed by atoms with Gasteiger partial charge in [-0.05, 0) is 32.2 Å². The first-order valence-corrected chi connectivity index (χ1v) is 5.86. The Hall–Kier alpha value is -0.830. The zero-order chi connectivity index (χ0) is 10.8. The molecule has 1 aromatic rings. The van der Waals surface area contributed by atoms with E-state index in [1.807, 2.05) is 12.5 Å². The maximum absolute atomic E-state index is 4.22. The Morgan fingerprint density at radius 3 is 2.87 bits per heavy atom.